The Morgan fingerprint density at radius 1 is 1.67 bits per heavy atom. The molecular formula is C10H19NO4. The van der Waals surface area contributed by atoms with Gasteiger partial charge >= 0.3 is 0 Å². The molecule has 1 rings (SSSR count). The van der Waals surface area contributed by atoms with Crippen LogP contribution in [0.1, 0.15) is 13.8 Å². The highest BCUT2D eigenvalue weighted by Crippen LogP contribution is 2.11. The third-order valence-corrected chi connectivity index (χ3v) is 2.46. The average Bonchev–Trinajstić information content (AvgIpc) is 2.26. The standard InChI is InChI=1S/C10H19NO4/c1-3-14-7-10(13)11-4-9(5-12)15-6-8(11)2/h8-9,12H,3-7H2,1-2H3. The lowest BCUT2D eigenvalue weighted by Crippen LogP contribution is -2.53. The fourth-order valence-corrected chi connectivity index (χ4v) is 1.55. The van der Waals surface area contributed by atoms with Crippen LogP contribution in [0.3, 0.4) is 0 Å². The zero-order valence-corrected chi connectivity index (χ0v) is 9.31. The minimum Gasteiger partial charge on any atom is -0.394 e. The zero-order chi connectivity index (χ0) is 11.3. The number of aliphatic hydroxyl groups is 1. The molecule has 1 saturated heterocycles. The first-order valence-corrected chi connectivity index (χ1v) is 5.28. The lowest BCUT2D eigenvalue weighted by atomic mass is 10.2. The van der Waals surface area contributed by atoms with Crippen LogP contribution in [0, 0.1) is 0 Å². The second kappa shape index (κ2) is 6.05. The Morgan fingerprint density at radius 3 is 3.00 bits per heavy atom. The number of hydrogen-bond donors (Lipinski definition) is 1. The molecule has 1 aliphatic heterocycles. The minimum atomic E-state index is -0.258. The minimum absolute atomic E-state index is 0.0360. The summed E-state index contributed by atoms with van der Waals surface area (Å²) in [6.45, 7) is 5.30. The topological polar surface area (TPSA) is 59.0 Å². The van der Waals surface area contributed by atoms with E-state index in [2.05, 4.69) is 0 Å². The number of carbonyl (C=O) groups excluding carboxylic acids is 1. The van der Waals surface area contributed by atoms with E-state index in [-0.39, 0.29) is 31.3 Å². The average molecular weight is 217 g/mol. The molecule has 0 saturated carbocycles. The molecular weight excluding hydrogens is 198 g/mol. The molecule has 1 N–H and O–H groups in total. The van der Waals surface area contributed by atoms with Gasteiger partial charge in [0.1, 0.15) is 6.61 Å². The van der Waals surface area contributed by atoms with Gasteiger partial charge in [-0.2, -0.15) is 0 Å². The quantitative estimate of drug-likeness (QED) is 0.698. The van der Waals surface area contributed by atoms with Crippen molar-refractivity contribution in [1.82, 2.24) is 4.90 Å². The first-order valence-electron chi connectivity index (χ1n) is 5.28. The number of nitrogens with zero attached hydrogens (tertiary/aromatic N) is 1. The van der Waals surface area contributed by atoms with Gasteiger partial charge in [-0.1, -0.05) is 0 Å². The van der Waals surface area contributed by atoms with Crippen molar-refractivity contribution in [2.24, 2.45) is 0 Å². The van der Waals surface area contributed by atoms with Crippen molar-refractivity contribution in [2.45, 2.75) is 26.0 Å². The molecule has 2 atom stereocenters. The number of carbonyl (C=O) groups is 1. The highest BCUT2D eigenvalue weighted by atomic mass is 16.5. The van der Waals surface area contributed by atoms with Gasteiger partial charge in [0.05, 0.1) is 25.4 Å². The lowest BCUT2D eigenvalue weighted by molar-refractivity contribution is -0.150. The number of amides is 1. The summed E-state index contributed by atoms with van der Waals surface area (Å²) in [7, 11) is 0. The van der Waals surface area contributed by atoms with Crippen LogP contribution in [0.2, 0.25) is 0 Å². The summed E-state index contributed by atoms with van der Waals surface area (Å²) in [4.78, 5) is 13.4. The SMILES string of the molecule is CCOCC(=O)N1CC(CO)OCC1C. The Kier molecular flexibility index (Phi) is 5.01. The third kappa shape index (κ3) is 3.44. The summed E-state index contributed by atoms with van der Waals surface area (Å²) < 4.78 is 10.4. The lowest BCUT2D eigenvalue weighted by Gasteiger charge is -2.37. The molecule has 15 heavy (non-hydrogen) atoms. The first kappa shape index (κ1) is 12.4. The van der Waals surface area contributed by atoms with E-state index in [1.807, 2.05) is 13.8 Å². The fraction of sp³-hybridized carbons (Fsp3) is 0.900. The number of aliphatic hydroxyl groups excluding tert-OH is 1. The van der Waals surface area contributed by atoms with Gasteiger partial charge in [0.15, 0.2) is 0 Å². The maximum atomic E-state index is 11.7. The van der Waals surface area contributed by atoms with Crippen molar-refractivity contribution in [1.29, 1.82) is 0 Å². The van der Waals surface area contributed by atoms with Crippen LogP contribution in [-0.4, -0.2) is 61.0 Å². The monoisotopic (exact) mass is 217 g/mol. The molecule has 1 aliphatic rings. The Hall–Kier alpha value is -0.650. The summed E-state index contributed by atoms with van der Waals surface area (Å²) in [5, 5.41) is 8.96. The van der Waals surface area contributed by atoms with Crippen molar-refractivity contribution in [3.05, 3.63) is 0 Å². The van der Waals surface area contributed by atoms with Crippen molar-refractivity contribution >= 4 is 5.91 Å². The van der Waals surface area contributed by atoms with Crippen LogP contribution in [0.25, 0.3) is 0 Å². The maximum absolute atomic E-state index is 11.7. The van der Waals surface area contributed by atoms with Crippen molar-refractivity contribution in [3.63, 3.8) is 0 Å². The largest absolute Gasteiger partial charge is 0.394 e. The van der Waals surface area contributed by atoms with Gasteiger partial charge in [0.25, 0.3) is 0 Å². The second-order valence-electron chi connectivity index (χ2n) is 3.67. The smallest absolute Gasteiger partial charge is 0.248 e. The van der Waals surface area contributed by atoms with E-state index in [4.69, 9.17) is 14.6 Å². The van der Waals surface area contributed by atoms with Crippen molar-refractivity contribution in [3.8, 4) is 0 Å². The van der Waals surface area contributed by atoms with Crippen LogP contribution in [-0.2, 0) is 14.3 Å². The third-order valence-electron chi connectivity index (χ3n) is 2.46. The molecule has 0 aromatic rings. The molecule has 1 fully saturated rings. The van der Waals surface area contributed by atoms with Crippen molar-refractivity contribution in [2.75, 3.05) is 33.0 Å². The van der Waals surface area contributed by atoms with Gasteiger partial charge in [0.2, 0.25) is 5.91 Å². The van der Waals surface area contributed by atoms with Gasteiger partial charge in [-0.15, -0.1) is 0 Å². The molecule has 0 aliphatic carbocycles. The summed E-state index contributed by atoms with van der Waals surface area (Å²) >= 11 is 0. The summed E-state index contributed by atoms with van der Waals surface area (Å²) in [6.07, 6.45) is -0.258. The molecule has 0 radical (unpaired) electrons. The number of ether oxygens (including phenoxy) is 2. The molecule has 0 aromatic carbocycles. The highest BCUT2D eigenvalue weighted by molar-refractivity contribution is 5.77. The maximum Gasteiger partial charge on any atom is 0.248 e. The van der Waals surface area contributed by atoms with Gasteiger partial charge < -0.3 is 19.5 Å². The Bertz CT molecular complexity index is 210. The van der Waals surface area contributed by atoms with E-state index in [0.717, 1.165) is 0 Å². The Morgan fingerprint density at radius 2 is 2.40 bits per heavy atom. The molecule has 1 amide bonds. The Balaban J connectivity index is 2.46. The Labute approximate surface area is 90.0 Å². The van der Waals surface area contributed by atoms with E-state index in [1.54, 1.807) is 4.90 Å². The van der Waals surface area contributed by atoms with E-state index in [9.17, 15) is 4.79 Å². The van der Waals surface area contributed by atoms with Crippen molar-refractivity contribution < 1.29 is 19.4 Å². The molecule has 5 nitrogen and oxygen atoms in total. The fourth-order valence-electron chi connectivity index (χ4n) is 1.55. The van der Waals surface area contributed by atoms with Crippen LogP contribution >= 0.6 is 0 Å². The number of rotatable bonds is 4. The second-order valence-corrected chi connectivity index (χ2v) is 3.67. The van der Waals surface area contributed by atoms with E-state index in [0.29, 0.717) is 19.8 Å². The van der Waals surface area contributed by atoms with Gasteiger partial charge in [-0.3, -0.25) is 4.79 Å². The predicted molar refractivity (Wildman–Crippen MR) is 54.5 cm³/mol. The highest BCUT2D eigenvalue weighted by Gasteiger charge is 2.28. The molecule has 0 aromatic heterocycles. The van der Waals surface area contributed by atoms with Gasteiger partial charge in [-0.25, -0.2) is 0 Å². The summed E-state index contributed by atoms with van der Waals surface area (Å²) in [6, 6.07) is 0.0563. The molecule has 0 bridgehead atoms. The molecule has 88 valence electrons. The predicted octanol–water partition coefficient (Wildman–Crippen LogP) is -0.369. The van der Waals surface area contributed by atoms with Crippen LogP contribution in [0.5, 0.6) is 0 Å². The van der Waals surface area contributed by atoms with Crippen LogP contribution in [0.4, 0.5) is 0 Å². The van der Waals surface area contributed by atoms with Crippen LogP contribution in [0.15, 0.2) is 0 Å². The van der Waals surface area contributed by atoms with E-state index in [1.165, 1.54) is 0 Å². The zero-order valence-electron chi connectivity index (χ0n) is 9.31. The summed E-state index contributed by atoms with van der Waals surface area (Å²) in [5.41, 5.74) is 0. The van der Waals surface area contributed by atoms with E-state index >= 15 is 0 Å². The molecule has 0 spiro atoms. The number of morpholine rings is 1. The van der Waals surface area contributed by atoms with Gasteiger partial charge in [0, 0.05) is 13.2 Å². The number of hydrogen-bond acceptors (Lipinski definition) is 4. The molecule has 5 heteroatoms. The first-order chi connectivity index (χ1) is 7.19. The molecule has 1 heterocycles. The molecule has 2 unspecified atom stereocenters. The normalized spacial score (nSPS) is 26.7. The van der Waals surface area contributed by atoms with Crippen LogP contribution < -0.4 is 0 Å². The van der Waals surface area contributed by atoms with Gasteiger partial charge in [-0.05, 0) is 13.8 Å². The van der Waals surface area contributed by atoms with E-state index < -0.39 is 0 Å². The summed E-state index contributed by atoms with van der Waals surface area (Å²) in [5.74, 6) is -0.0360.